The lowest BCUT2D eigenvalue weighted by Crippen LogP contribution is -2.16. The van der Waals surface area contributed by atoms with Crippen molar-refractivity contribution in [1.29, 1.82) is 0 Å². The second-order valence-electron chi connectivity index (χ2n) is 4.06. The van der Waals surface area contributed by atoms with Crippen LogP contribution >= 0.6 is 0 Å². The van der Waals surface area contributed by atoms with Crippen molar-refractivity contribution in [3.63, 3.8) is 0 Å². The van der Waals surface area contributed by atoms with Gasteiger partial charge in [0, 0.05) is 19.2 Å². The Bertz CT molecular complexity index is 571. The summed E-state index contributed by atoms with van der Waals surface area (Å²) in [7, 11) is 1.92. The molecule has 0 bridgehead atoms. The molecule has 2 rings (SSSR count). The van der Waals surface area contributed by atoms with Crippen LogP contribution in [-0.2, 0) is 20.1 Å². The number of hydrogen-bond donors (Lipinski definition) is 1. The van der Waals surface area contributed by atoms with Crippen LogP contribution < -0.4 is 10.1 Å². The van der Waals surface area contributed by atoms with Crippen molar-refractivity contribution < 1.29 is 4.74 Å². The number of benzene rings is 1. The van der Waals surface area contributed by atoms with E-state index in [0.717, 1.165) is 17.1 Å². The SMILES string of the molecule is C#CCOc1ccccc1CNCc1nncn1C. The molecule has 0 unspecified atom stereocenters. The van der Waals surface area contributed by atoms with Crippen molar-refractivity contribution in [3.8, 4) is 18.1 Å². The van der Waals surface area contributed by atoms with Crippen LogP contribution in [0, 0.1) is 12.3 Å². The van der Waals surface area contributed by atoms with E-state index in [0.29, 0.717) is 13.1 Å². The minimum Gasteiger partial charge on any atom is -0.481 e. The standard InChI is InChI=1S/C14H16N4O/c1-3-8-19-13-7-5-4-6-12(13)9-15-10-14-17-16-11-18(14)2/h1,4-7,11,15H,8-10H2,2H3. The molecule has 0 spiro atoms. The van der Waals surface area contributed by atoms with Gasteiger partial charge in [-0.1, -0.05) is 24.1 Å². The number of aromatic nitrogens is 3. The van der Waals surface area contributed by atoms with Crippen molar-refractivity contribution in [2.75, 3.05) is 6.61 Å². The third kappa shape index (κ3) is 3.57. The summed E-state index contributed by atoms with van der Waals surface area (Å²) in [5.74, 6) is 4.17. The van der Waals surface area contributed by atoms with Crippen LogP contribution in [0.4, 0.5) is 0 Å². The maximum Gasteiger partial charge on any atom is 0.148 e. The highest BCUT2D eigenvalue weighted by molar-refractivity contribution is 5.33. The zero-order valence-corrected chi connectivity index (χ0v) is 10.8. The molecule has 5 heteroatoms. The predicted octanol–water partition coefficient (Wildman–Crippen LogP) is 1.12. The van der Waals surface area contributed by atoms with E-state index in [2.05, 4.69) is 21.4 Å². The van der Waals surface area contributed by atoms with Crippen molar-refractivity contribution in [1.82, 2.24) is 20.1 Å². The lowest BCUT2D eigenvalue weighted by atomic mass is 10.2. The molecular formula is C14H16N4O. The van der Waals surface area contributed by atoms with E-state index in [-0.39, 0.29) is 6.61 Å². The van der Waals surface area contributed by atoms with E-state index in [9.17, 15) is 0 Å². The van der Waals surface area contributed by atoms with Crippen LogP contribution in [0.2, 0.25) is 0 Å². The molecular weight excluding hydrogens is 240 g/mol. The normalized spacial score (nSPS) is 10.1. The second kappa shape index (κ2) is 6.57. The average molecular weight is 256 g/mol. The van der Waals surface area contributed by atoms with Gasteiger partial charge in [-0.05, 0) is 6.07 Å². The Labute approximate surface area is 112 Å². The first-order valence-electron chi connectivity index (χ1n) is 5.99. The summed E-state index contributed by atoms with van der Waals surface area (Å²) in [5.41, 5.74) is 1.07. The first-order chi connectivity index (χ1) is 9.31. The highest BCUT2D eigenvalue weighted by atomic mass is 16.5. The number of hydrogen-bond acceptors (Lipinski definition) is 4. The van der Waals surface area contributed by atoms with Crippen molar-refractivity contribution >= 4 is 0 Å². The molecule has 0 aliphatic heterocycles. The second-order valence-corrected chi connectivity index (χ2v) is 4.06. The molecule has 98 valence electrons. The summed E-state index contributed by atoms with van der Waals surface area (Å²) in [4.78, 5) is 0. The fraction of sp³-hybridized carbons (Fsp3) is 0.286. The molecule has 0 saturated heterocycles. The quantitative estimate of drug-likeness (QED) is 0.787. The minimum atomic E-state index is 0.278. The van der Waals surface area contributed by atoms with E-state index < -0.39 is 0 Å². The van der Waals surface area contributed by atoms with Gasteiger partial charge in [-0.25, -0.2) is 0 Å². The van der Waals surface area contributed by atoms with Gasteiger partial charge < -0.3 is 14.6 Å². The van der Waals surface area contributed by atoms with Crippen molar-refractivity contribution in [3.05, 3.63) is 42.0 Å². The molecule has 0 fully saturated rings. The summed E-state index contributed by atoms with van der Waals surface area (Å²) < 4.78 is 7.37. The van der Waals surface area contributed by atoms with Crippen LogP contribution in [0.1, 0.15) is 11.4 Å². The topological polar surface area (TPSA) is 52.0 Å². The molecule has 1 heterocycles. The van der Waals surface area contributed by atoms with Gasteiger partial charge >= 0.3 is 0 Å². The molecule has 1 N–H and O–H groups in total. The van der Waals surface area contributed by atoms with Crippen molar-refractivity contribution in [2.45, 2.75) is 13.1 Å². The van der Waals surface area contributed by atoms with Gasteiger partial charge in [-0.3, -0.25) is 0 Å². The van der Waals surface area contributed by atoms with Gasteiger partial charge in [-0.2, -0.15) is 0 Å². The van der Waals surface area contributed by atoms with E-state index in [1.54, 1.807) is 6.33 Å². The zero-order chi connectivity index (χ0) is 13.5. The fourth-order valence-electron chi connectivity index (χ4n) is 1.69. The molecule has 0 saturated carbocycles. The molecule has 0 amide bonds. The third-order valence-corrected chi connectivity index (χ3v) is 2.69. The highest BCUT2D eigenvalue weighted by Gasteiger charge is 2.04. The predicted molar refractivity (Wildman–Crippen MR) is 72.3 cm³/mol. The van der Waals surface area contributed by atoms with Gasteiger partial charge in [-0.15, -0.1) is 16.6 Å². The number of rotatable bonds is 6. The van der Waals surface area contributed by atoms with Crippen LogP contribution in [0.25, 0.3) is 0 Å². The zero-order valence-electron chi connectivity index (χ0n) is 10.8. The molecule has 0 radical (unpaired) electrons. The summed E-state index contributed by atoms with van der Waals surface area (Å²) >= 11 is 0. The number of nitrogens with zero attached hydrogens (tertiary/aromatic N) is 3. The van der Waals surface area contributed by atoms with Gasteiger partial charge in [0.2, 0.25) is 0 Å². The first-order valence-corrected chi connectivity index (χ1v) is 5.99. The Balaban J connectivity index is 1.92. The Kier molecular flexibility index (Phi) is 4.54. The summed E-state index contributed by atoms with van der Waals surface area (Å²) in [5, 5.41) is 11.1. The van der Waals surface area contributed by atoms with Crippen molar-refractivity contribution in [2.24, 2.45) is 7.05 Å². The molecule has 2 aromatic rings. The Morgan fingerprint density at radius 1 is 1.37 bits per heavy atom. The third-order valence-electron chi connectivity index (χ3n) is 2.69. The van der Waals surface area contributed by atoms with E-state index in [1.807, 2.05) is 35.9 Å². The first kappa shape index (κ1) is 13.1. The number of nitrogens with one attached hydrogen (secondary N) is 1. The summed E-state index contributed by atoms with van der Waals surface area (Å²) in [6.07, 6.45) is 6.88. The van der Waals surface area contributed by atoms with Gasteiger partial charge in [0.15, 0.2) is 0 Å². The van der Waals surface area contributed by atoms with E-state index in [1.165, 1.54) is 0 Å². The molecule has 5 nitrogen and oxygen atoms in total. The average Bonchev–Trinajstić information content (AvgIpc) is 2.83. The number of ether oxygens (including phenoxy) is 1. The Morgan fingerprint density at radius 2 is 2.21 bits per heavy atom. The smallest absolute Gasteiger partial charge is 0.148 e. The molecule has 0 atom stereocenters. The molecule has 19 heavy (non-hydrogen) atoms. The molecule has 1 aromatic carbocycles. The Morgan fingerprint density at radius 3 is 2.95 bits per heavy atom. The summed E-state index contributed by atoms with van der Waals surface area (Å²) in [6, 6.07) is 7.83. The lowest BCUT2D eigenvalue weighted by Gasteiger charge is -2.10. The fourth-order valence-corrected chi connectivity index (χ4v) is 1.69. The number of terminal acetylenes is 1. The van der Waals surface area contributed by atoms with Gasteiger partial charge in [0.05, 0.1) is 6.54 Å². The monoisotopic (exact) mass is 256 g/mol. The van der Waals surface area contributed by atoms with Gasteiger partial charge in [0.25, 0.3) is 0 Å². The molecule has 1 aromatic heterocycles. The molecule has 0 aliphatic carbocycles. The van der Waals surface area contributed by atoms with Crippen LogP contribution in [0.5, 0.6) is 5.75 Å². The minimum absolute atomic E-state index is 0.278. The maximum absolute atomic E-state index is 5.49. The maximum atomic E-state index is 5.49. The van der Waals surface area contributed by atoms with E-state index >= 15 is 0 Å². The summed E-state index contributed by atoms with van der Waals surface area (Å²) in [6.45, 7) is 1.62. The van der Waals surface area contributed by atoms with Crippen LogP contribution in [-0.4, -0.2) is 21.4 Å². The van der Waals surface area contributed by atoms with Crippen LogP contribution in [0.3, 0.4) is 0 Å². The number of aryl methyl sites for hydroxylation is 1. The lowest BCUT2D eigenvalue weighted by molar-refractivity contribution is 0.364. The highest BCUT2D eigenvalue weighted by Crippen LogP contribution is 2.17. The van der Waals surface area contributed by atoms with E-state index in [4.69, 9.17) is 11.2 Å². The number of para-hydroxylation sites is 1. The van der Waals surface area contributed by atoms with Crippen LogP contribution in [0.15, 0.2) is 30.6 Å². The molecule has 0 aliphatic rings. The largest absolute Gasteiger partial charge is 0.481 e. The Hall–Kier alpha value is -2.32. The van der Waals surface area contributed by atoms with Gasteiger partial charge in [0.1, 0.15) is 24.5 Å².